The quantitative estimate of drug-likeness (QED) is 0.778. The van der Waals surface area contributed by atoms with Crippen molar-refractivity contribution in [3.05, 3.63) is 46.2 Å². The zero-order valence-corrected chi connectivity index (χ0v) is 12.7. The number of para-hydroxylation sites is 2. The number of rotatable bonds is 4. The molecule has 1 aromatic carbocycles. The highest BCUT2D eigenvalue weighted by Crippen LogP contribution is 2.18. The van der Waals surface area contributed by atoms with E-state index in [0.717, 1.165) is 28.3 Å². The Balaban J connectivity index is 1.75. The summed E-state index contributed by atoms with van der Waals surface area (Å²) in [6.45, 7) is 3.94. The molecular weight excluding hydrogens is 284 g/mol. The van der Waals surface area contributed by atoms with Crippen molar-refractivity contribution < 1.29 is 4.79 Å². The van der Waals surface area contributed by atoms with Gasteiger partial charge >= 0.3 is 0 Å². The van der Waals surface area contributed by atoms with E-state index in [1.54, 1.807) is 6.20 Å². The molecule has 3 aromatic rings. The van der Waals surface area contributed by atoms with Gasteiger partial charge in [-0.3, -0.25) is 4.79 Å². The van der Waals surface area contributed by atoms with Gasteiger partial charge in [0, 0.05) is 0 Å². The number of thiazole rings is 1. The second-order valence-electron chi connectivity index (χ2n) is 4.81. The smallest absolute Gasteiger partial charge is 0.263 e. The van der Waals surface area contributed by atoms with E-state index >= 15 is 0 Å². The van der Waals surface area contributed by atoms with Crippen LogP contribution in [0.2, 0.25) is 0 Å². The third-order valence-corrected chi connectivity index (χ3v) is 4.39. The van der Waals surface area contributed by atoms with Crippen molar-refractivity contribution in [1.29, 1.82) is 0 Å². The normalized spacial score (nSPS) is 12.5. The Hall–Kier alpha value is -2.21. The van der Waals surface area contributed by atoms with Crippen molar-refractivity contribution in [1.82, 2.24) is 20.3 Å². The molecule has 2 N–H and O–H groups in total. The number of nitrogens with zero attached hydrogens (tertiary/aromatic N) is 2. The lowest BCUT2D eigenvalue weighted by atomic mass is 10.3. The molecule has 3 rings (SSSR count). The predicted molar refractivity (Wildman–Crippen MR) is 83.5 cm³/mol. The van der Waals surface area contributed by atoms with Crippen LogP contribution in [0.25, 0.3) is 11.0 Å². The van der Waals surface area contributed by atoms with Gasteiger partial charge in [0.25, 0.3) is 5.91 Å². The van der Waals surface area contributed by atoms with E-state index in [0.29, 0.717) is 4.88 Å². The molecule has 5 nitrogen and oxygen atoms in total. The fourth-order valence-electron chi connectivity index (χ4n) is 2.09. The highest BCUT2D eigenvalue weighted by molar-refractivity contribution is 7.13. The number of carbonyl (C=O) groups is 1. The highest BCUT2D eigenvalue weighted by atomic mass is 32.1. The van der Waals surface area contributed by atoms with E-state index in [1.165, 1.54) is 11.3 Å². The van der Waals surface area contributed by atoms with Crippen LogP contribution in [0.4, 0.5) is 0 Å². The van der Waals surface area contributed by atoms with Crippen LogP contribution in [0.5, 0.6) is 0 Å². The number of aryl methyl sites for hydroxylation is 1. The molecule has 0 bridgehead atoms. The monoisotopic (exact) mass is 300 g/mol. The van der Waals surface area contributed by atoms with Crippen LogP contribution in [-0.2, 0) is 6.42 Å². The van der Waals surface area contributed by atoms with Crippen LogP contribution in [0.1, 0.15) is 40.4 Å². The van der Waals surface area contributed by atoms with E-state index in [-0.39, 0.29) is 11.9 Å². The average molecular weight is 300 g/mol. The van der Waals surface area contributed by atoms with Gasteiger partial charge in [0.1, 0.15) is 10.7 Å². The Kier molecular flexibility index (Phi) is 3.70. The molecular formula is C15H16N4OS. The molecule has 2 aromatic heterocycles. The summed E-state index contributed by atoms with van der Waals surface area (Å²) < 4.78 is 0. The van der Waals surface area contributed by atoms with Gasteiger partial charge in [-0.25, -0.2) is 9.97 Å². The van der Waals surface area contributed by atoms with E-state index in [2.05, 4.69) is 20.3 Å². The van der Waals surface area contributed by atoms with Crippen molar-refractivity contribution in [3.8, 4) is 0 Å². The maximum Gasteiger partial charge on any atom is 0.263 e. The van der Waals surface area contributed by atoms with Crippen LogP contribution in [-0.4, -0.2) is 20.9 Å². The molecule has 0 radical (unpaired) electrons. The van der Waals surface area contributed by atoms with E-state index in [1.807, 2.05) is 38.1 Å². The van der Waals surface area contributed by atoms with Crippen molar-refractivity contribution >= 4 is 28.3 Å². The van der Waals surface area contributed by atoms with Gasteiger partial charge in [0.2, 0.25) is 0 Å². The van der Waals surface area contributed by atoms with E-state index < -0.39 is 0 Å². The van der Waals surface area contributed by atoms with Gasteiger partial charge < -0.3 is 10.3 Å². The Labute approximate surface area is 126 Å². The van der Waals surface area contributed by atoms with Gasteiger partial charge in [0.15, 0.2) is 0 Å². The molecule has 6 heteroatoms. The molecule has 108 valence electrons. The van der Waals surface area contributed by atoms with Gasteiger partial charge in [-0.15, -0.1) is 11.3 Å². The van der Waals surface area contributed by atoms with E-state index in [4.69, 9.17) is 0 Å². The first kappa shape index (κ1) is 13.8. The maximum atomic E-state index is 12.2. The first-order valence-corrected chi connectivity index (χ1v) is 7.69. The molecule has 0 fully saturated rings. The van der Waals surface area contributed by atoms with Gasteiger partial charge in [0.05, 0.1) is 28.3 Å². The summed E-state index contributed by atoms with van der Waals surface area (Å²) in [5.74, 6) is 0.643. The number of nitrogens with one attached hydrogen (secondary N) is 2. The highest BCUT2D eigenvalue weighted by Gasteiger charge is 2.16. The summed E-state index contributed by atoms with van der Waals surface area (Å²) in [6.07, 6.45) is 2.47. The molecule has 1 amide bonds. The van der Waals surface area contributed by atoms with Crippen molar-refractivity contribution in [2.24, 2.45) is 0 Å². The number of amides is 1. The molecule has 0 aliphatic heterocycles. The minimum atomic E-state index is -0.183. The number of aromatic nitrogens is 3. The summed E-state index contributed by atoms with van der Waals surface area (Å²) in [5, 5.41) is 3.92. The molecule has 0 saturated heterocycles. The van der Waals surface area contributed by atoms with Crippen LogP contribution < -0.4 is 5.32 Å². The van der Waals surface area contributed by atoms with Gasteiger partial charge in [-0.1, -0.05) is 19.1 Å². The number of aromatic amines is 1. The van der Waals surface area contributed by atoms with Gasteiger partial charge in [-0.2, -0.15) is 0 Å². The topological polar surface area (TPSA) is 70.7 Å². The number of H-pyrrole nitrogens is 1. The van der Waals surface area contributed by atoms with Crippen LogP contribution in [0, 0.1) is 0 Å². The van der Waals surface area contributed by atoms with E-state index in [9.17, 15) is 4.79 Å². The number of imidazole rings is 1. The fraction of sp³-hybridized carbons (Fsp3) is 0.267. The Bertz CT molecular complexity index is 744. The SMILES string of the molecule is CCc1ncc(C(=O)N[C@@H](C)c2nc3ccccc3[nH]2)s1. The summed E-state index contributed by atoms with van der Waals surface area (Å²) in [5.41, 5.74) is 1.87. The molecule has 2 heterocycles. The van der Waals surface area contributed by atoms with Crippen molar-refractivity contribution in [2.45, 2.75) is 26.3 Å². The lowest BCUT2D eigenvalue weighted by Crippen LogP contribution is -2.26. The molecule has 1 atom stereocenters. The predicted octanol–water partition coefficient (Wildman–Crippen LogP) is 3.07. The Morgan fingerprint density at radius 2 is 2.24 bits per heavy atom. The fourth-order valence-corrected chi connectivity index (χ4v) is 2.85. The molecule has 0 aliphatic rings. The van der Waals surface area contributed by atoms with Crippen molar-refractivity contribution in [2.75, 3.05) is 0 Å². The lowest BCUT2D eigenvalue weighted by Gasteiger charge is -2.09. The molecule has 21 heavy (non-hydrogen) atoms. The number of fused-ring (bicyclic) bond motifs is 1. The van der Waals surface area contributed by atoms with Crippen molar-refractivity contribution in [3.63, 3.8) is 0 Å². The number of hydrogen-bond donors (Lipinski definition) is 2. The Morgan fingerprint density at radius 3 is 2.95 bits per heavy atom. The molecule has 0 unspecified atom stereocenters. The third-order valence-electron chi connectivity index (χ3n) is 3.25. The minimum absolute atomic E-state index is 0.111. The Morgan fingerprint density at radius 1 is 1.43 bits per heavy atom. The van der Waals surface area contributed by atoms with Crippen LogP contribution >= 0.6 is 11.3 Å². The average Bonchev–Trinajstić information content (AvgIpc) is 3.13. The van der Waals surface area contributed by atoms with Crippen LogP contribution in [0.3, 0.4) is 0 Å². The minimum Gasteiger partial charge on any atom is -0.342 e. The van der Waals surface area contributed by atoms with Gasteiger partial charge in [-0.05, 0) is 25.5 Å². The van der Waals surface area contributed by atoms with Crippen LogP contribution in [0.15, 0.2) is 30.5 Å². The summed E-state index contributed by atoms with van der Waals surface area (Å²) >= 11 is 1.43. The molecule has 0 aliphatic carbocycles. The zero-order valence-electron chi connectivity index (χ0n) is 11.9. The number of hydrogen-bond acceptors (Lipinski definition) is 4. The summed E-state index contributed by atoms with van der Waals surface area (Å²) in [7, 11) is 0. The first-order valence-electron chi connectivity index (χ1n) is 6.87. The largest absolute Gasteiger partial charge is 0.342 e. The lowest BCUT2D eigenvalue weighted by molar-refractivity contribution is 0.0942. The second kappa shape index (κ2) is 5.65. The summed E-state index contributed by atoms with van der Waals surface area (Å²) in [6, 6.07) is 7.63. The zero-order chi connectivity index (χ0) is 14.8. The molecule has 0 saturated carbocycles. The number of benzene rings is 1. The number of carbonyl (C=O) groups excluding carboxylic acids is 1. The first-order chi connectivity index (χ1) is 10.2. The summed E-state index contributed by atoms with van der Waals surface area (Å²) in [4.78, 5) is 24.8. The maximum absolute atomic E-state index is 12.2. The third kappa shape index (κ3) is 2.80. The molecule has 0 spiro atoms. The second-order valence-corrected chi connectivity index (χ2v) is 5.92. The standard InChI is InChI=1S/C15H16N4OS/c1-3-13-16-8-12(21-13)15(20)17-9(2)14-18-10-6-4-5-7-11(10)19-14/h4-9H,3H2,1-2H3,(H,17,20)(H,18,19)/t9-/m0/s1.